The van der Waals surface area contributed by atoms with Gasteiger partial charge in [0.15, 0.2) is 0 Å². The van der Waals surface area contributed by atoms with Gasteiger partial charge in [0.2, 0.25) is 0 Å². The van der Waals surface area contributed by atoms with Crippen LogP contribution < -0.4 is 5.69 Å². The van der Waals surface area contributed by atoms with Gasteiger partial charge in [0.1, 0.15) is 0 Å². The normalized spacial score (nSPS) is 22.3. The average Bonchev–Trinajstić information content (AvgIpc) is 3.10. The highest BCUT2D eigenvalue weighted by atomic mass is 16.1. The average molecular weight is 501 g/mol. The maximum absolute atomic E-state index is 12.8. The van der Waals surface area contributed by atoms with Crippen molar-refractivity contribution in [2.75, 3.05) is 32.7 Å². The number of piperidine rings is 2. The Bertz CT molecular complexity index is 1210. The third-order valence-electron chi connectivity index (χ3n) is 9.70. The summed E-state index contributed by atoms with van der Waals surface area (Å²) in [5.41, 5.74) is 5.24. The summed E-state index contributed by atoms with van der Waals surface area (Å²) in [5, 5.41) is 0. The number of nitrogens with zero attached hydrogens (tertiary/aromatic N) is 3. The lowest BCUT2D eigenvalue weighted by Crippen LogP contribution is -2.49. The highest BCUT2D eigenvalue weighted by Crippen LogP contribution is 2.44. The zero-order chi connectivity index (χ0) is 25.1. The molecule has 5 nitrogen and oxygen atoms in total. The van der Waals surface area contributed by atoms with Gasteiger partial charge in [-0.3, -0.25) is 9.47 Å². The van der Waals surface area contributed by atoms with Crippen LogP contribution in [0.15, 0.2) is 53.3 Å². The van der Waals surface area contributed by atoms with Gasteiger partial charge in [-0.15, -0.1) is 0 Å². The Hall–Kier alpha value is -2.37. The van der Waals surface area contributed by atoms with E-state index in [0.717, 1.165) is 37.2 Å². The summed E-state index contributed by atoms with van der Waals surface area (Å²) >= 11 is 0. The van der Waals surface area contributed by atoms with E-state index < -0.39 is 0 Å². The van der Waals surface area contributed by atoms with Crippen molar-refractivity contribution in [1.29, 1.82) is 0 Å². The van der Waals surface area contributed by atoms with Crippen molar-refractivity contribution in [3.8, 4) is 0 Å². The number of likely N-dealkylation sites (tertiary alicyclic amines) is 2. The van der Waals surface area contributed by atoms with Gasteiger partial charge in [0.25, 0.3) is 0 Å². The minimum atomic E-state index is 0.0390. The number of nitrogens with one attached hydrogen (secondary N) is 1. The van der Waals surface area contributed by atoms with E-state index >= 15 is 0 Å². The summed E-state index contributed by atoms with van der Waals surface area (Å²) in [4.78, 5) is 21.3. The van der Waals surface area contributed by atoms with E-state index in [9.17, 15) is 4.79 Å². The third kappa shape index (κ3) is 5.18. The van der Waals surface area contributed by atoms with Crippen LogP contribution in [0.5, 0.6) is 0 Å². The molecule has 3 fully saturated rings. The molecular formula is C32H44N4O. The minimum Gasteiger partial charge on any atom is -0.306 e. The molecule has 198 valence electrons. The van der Waals surface area contributed by atoms with Gasteiger partial charge in [-0.05, 0) is 93.9 Å². The highest BCUT2D eigenvalue weighted by molar-refractivity contribution is 5.76. The number of fused-ring (bicyclic) bond motifs is 1. The summed E-state index contributed by atoms with van der Waals surface area (Å²) < 4.78 is 1.95. The topological polar surface area (TPSA) is 44.3 Å². The molecule has 0 bridgehead atoms. The van der Waals surface area contributed by atoms with Crippen molar-refractivity contribution in [2.45, 2.75) is 88.6 Å². The lowest BCUT2D eigenvalue weighted by molar-refractivity contribution is 0.0434. The second-order valence-corrected chi connectivity index (χ2v) is 11.8. The van der Waals surface area contributed by atoms with E-state index in [1.165, 1.54) is 94.8 Å². The molecule has 3 aromatic rings. The maximum Gasteiger partial charge on any atom is 0.326 e. The summed E-state index contributed by atoms with van der Waals surface area (Å²) in [6.07, 6.45) is 14.3. The molecule has 1 N–H and O–H groups in total. The Kier molecular flexibility index (Phi) is 7.53. The van der Waals surface area contributed by atoms with Crippen molar-refractivity contribution < 1.29 is 0 Å². The molecule has 0 spiro atoms. The molecule has 3 heterocycles. The van der Waals surface area contributed by atoms with Gasteiger partial charge in [0.05, 0.1) is 11.0 Å². The van der Waals surface area contributed by atoms with E-state index in [4.69, 9.17) is 0 Å². The molecule has 0 radical (unpaired) electrons. The Morgan fingerprint density at radius 3 is 2.22 bits per heavy atom. The van der Waals surface area contributed by atoms with Crippen molar-refractivity contribution in [3.63, 3.8) is 0 Å². The summed E-state index contributed by atoms with van der Waals surface area (Å²) in [5.74, 6) is 0.569. The van der Waals surface area contributed by atoms with Crippen molar-refractivity contribution in [1.82, 2.24) is 19.4 Å². The first-order valence-corrected chi connectivity index (χ1v) is 15.0. The second kappa shape index (κ2) is 11.2. The molecule has 0 unspecified atom stereocenters. The van der Waals surface area contributed by atoms with Gasteiger partial charge in [-0.2, -0.15) is 0 Å². The number of aromatic amines is 1. The largest absolute Gasteiger partial charge is 0.326 e. The fraction of sp³-hybridized carbons (Fsp3) is 0.594. The highest BCUT2D eigenvalue weighted by Gasteiger charge is 2.40. The van der Waals surface area contributed by atoms with E-state index in [1.54, 1.807) is 0 Å². The first kappa shape index (κ1) is 24.9. The van der Waals surface area contributed by atoms with Crippen molar-refractivity contribution in [3.05, 3.63) is 70.1 Å². The molecule has 1 saturated carbocycles. The summed E-state index contributed by atoms with van der Waals surface area (Å²) in [6.45, 7) is 6.40. The van der Waals surface area contributed by atoms with Crippen LogP contribution in [-0.4, -0.2) is 52.1 Å². The van der Waals surface area contributed by atoms with Crippen LogP contribution in [0, 0.1) is 0 Å². The second-order valence-electron chi connectivity index (χ2n) is 11.8. The van der Waals surface area contributed by atoms with Gasteiger partial charge in [-0.1, -0.05) is 68.5 Å². The lowest BCUT2D eigenvalue weighted by Gasteiger charge is -2.48. The molecule has 0 amide bonds. The molecule has 37 heavy (non-hydrogen) atoms. The Morgan fingerprint density at radius 1 is 0.784 bits per heavy atom. The van der Waals surface area contributed by atoms with Gasteiger partial charge >= 0.3 is 5.69 Å². The number of imidazole rings is 1. The Balaban J connectivity index is 1.16. The van der Waals surface area contributed by atoms with E-state index in [-0.39, 0.29) is 11.2 Å². The fourth-order valence-corrected chi connectivity index (χ4v) is 7.57. The number of benzene rings is 2. The molecule has 2 aromatic carbocycles. The molecule has 1 aliphatic carbocycles. The molecule has 2 aliphatic heterocycles. The molecule has 6 rings (SSSR count). The van der Waals surface area contributed by atoms with Gasteiger partial charge < -0.3 is 9.88 Å². The number of rotatable bonds is 6. The quantitative estimate of drug-likeness (QED) is 0.407. The maximum atomic E-state index is 12.8. The first-order chi connectivity index (χ1) is 18.2. The van der Waals surface area contributed by atoms with Crippen LogP contribution >= 0.6 is 0 Å². The van der Waals surface area contributed by atoms with Crippen molar-refractivity contribution in [2.24, 2.45) is 0 Å². The Morgan fingerprint density at radius 2 is 1.49 bits per heavy atom. The Labute approximate surface area is 221 Å². The SMILES string of the molecule is O=c1[nH]c2cc(C3CCN(C4(c5ccccc5)CCCCCC4)CC3)ccc2n1CCN1CCCCC1. The smallest absolute Gasteiger partial charge is 0.306 e. The molecular weight excluding hydrogens is 456 g/mol. The standard InChI is InChI=1S/C32H44N4O/c37-31-33-29-25-27(13-14-30(29)36(31)24-23-34-19-9-4-10-20-34)26-15-21-35(22-16-26)32(17-7-1-2-8-18-32)28-11-5-3-6-12-28/h3,5-6,11-14,25-26H,1-2,4,7-10,15-24H2,(H,33,37). The molecule has 5 heteroatoms. The zero-order valence-corrected chi connectivity index (χ0v) is 22.5. The number of hydrogen-bond donors (Lipinski definition) is 1. The fourth-order valence-electron chi connectivity index (χ4n) is 7.57. The third-order valence-corrected chi connectivity index (χ3v) is 9.70. The van der Waals surface area contributed by atoms with Crippen LogP contribution in [0.3, 0.4) is 0 Å². The van der Waals surface area contributed by atoms with E-state index in [2.05, 4.69) is 63.3 Å². The van der Waals surface area contributed by atoms with Gasteiger partial charge in [-0.25, -0.2) is 4.79 Å². The predicted molar refractivity (Wildman–Crippen MR) is 152 cm³/mol. The zero-order valence-electron chi connectivity index (χ0n) is 22.5. The predicted octanol–water partition coefficient (Wildman–Crippen LogP) is 6.24. The number of hydrogen-bond acceptors (Lipinski definition) is 3. The minimum absolute atomic E-state index is 0.0390. The van der Waals surface area contributed by atoms with E-state index in [0.29, 0.717) is 5.92 Å². The summed E-state index contributed by atoms with van der Waals surface area (Å²) in [7, 11) is 0. The van der Waals surface area contributed by atoms with Crippen LogP contribution in [0.4, 0.5) is 0 Å². The number of H-pyrrole nitrogens is 1. The van der Waals surface area contributed by atoms with Crippen LogP contribution in [0.1, 0.15) is 87.7 Å². The molecule has 1 aromatic heterocycles. The van der Waals surface area contributed by atoms with Gasteiger partial charge in [0, 0.05) is 18.6 Å². The van der Waals surface area contributed by atoms with Crippen LogP contribution in [-0.2, 0) is 12.1 Å². The van der Waals surface area contributed by atoms with Crippen molar-refractivity contribution >= 4 is 11.0 Å². The molecule has 2 saturated heterocycles. The number of aromatic nitrogens is 2. The first-order valence-electron chi connectivity index (χ1n) is 15.0. The van der Waals surface area contributed by atoms with Crippen LogP contribution in [0.25, 0.3) is 11.0 Å². The molecule has 3 aliphatic rings. The lowest BCUT2D eigenvalue weighted by atomic mass is 9.78. The monoisotopic (exact) mass is 500 g/mol. The molecule has 0 atom stereocenters. The van der Waals surface area contributed by atoms with Crippen LogP contribution in [0.2, 0.25) is 0 Å². The van der Waals surface area contributed by atoms with E-state index in [1.807, 2.05) is 4.57 Å². The summed E-state index contributed by atoms with van der Waals surface area (Å²) in [6, 6.07) is 18.1.